The van der Waals surface area contributed by atoms with Gasteiger partial charge in [0.1, 0.15) is 5.76 Å². The van der Waals surface area contributed by atoms with Gasteiger partial charge < -0.3 is 4.74 Å². The van der Waals surface area contributed by atoms with E-state index in [9.17, 15) is 13.2 Å². The van der Waals surface area contributed by atoms with Gasteiger partial charge in [0.25, 0.3) is 0 Å². The minimum atomic E-state index is -4.34. The van der Waals surface area contributed by atoms with Crippen LogP contribution < -0.4 is 0 Å². The number of methoxy groups -OCH3 is 1. The van der Waals surface area contributed by atoms with Gasteiger partial charge in [-0.2, -0.15) is 13.2 Å². The van der Waals surface area contributed by atoms with E-state index in [1.807, 2.05) is 0 Å². The van der Waals surface area contributed by atoms with Gasteiger partial charge >= 0.3 is 6.18 Å². The van der Waals surface area contributed by atoms with Gasteiger partial charge in [-0.1, -0.05) is 6.07 Å². The minimum absolute atomic E-state index is 0.150. The van der Waals surface area contributed by atoms with Gasteiger partial charge in [0.05, 0.1) is 18.1 Å². The summed E-state index contributed by atoms with van der Waals surface area (Å²) in [6.45, 7) is 0. The normalized spacial score (nSPS) is 13.1. The Morgan fingerprint density at radius 2 is 2.23 bits per heavy atom. The van der Waals surface area contributed by atoms with Crippen molar-refractivity contribution < 1.29 is 17.9 Å². The molecule has 0 N–H and O–H groups in total. The van der Waals surface area contributed by atoms with Crippen LogP contribution in [0.2, 0.25) is 0 Å². The van der Waals surface area contributed by atoms with E-state index < -0.39 is 6.18 Å². The number of halogens is 3. The zero-order valence-electron chi connectivity index (χ0n) is 6.76. The van der Waals surface area contributed by atoms with Crippen LogP contribution in [-0.4, -0.2) is 13.3 Å². The highest BCUT2D eigenvalue weighted by molar-refractivity contribution is 7.11. The number of hydrogen-bond acceptors (Lipinski definition) is 2. The summed E-state index contributed by atoms with van der Waals surface area (Å²) < 4.78 is 40.4. The molecule has 0 amide bonds. The summed E-state index contributed by atoms with van der Waals surface area (Å²) in [5.74, 6) is -0.150. The summed E-state index contributed by atoms with van der Waals surface area (Å²) in [4.78, 5) is 0.472. The average molecular weight is 208 g/mol. The second kappa shape index (κ2) is 3.83. The van der Waals surface area contributed by atoms with Crippen molar-refractivity contribution >= 4 is 17.1 Å². The van der Waals surface area contributed by atoms with Crippen LogP contribution in [0.25, 0.3) is 5.76 Å². The van der Waals surface area contributed by atoms with Gasteiger partial charge in [0.2, 0.25) is 0 Å². The van der Waals surface area contributed by atoms with E-state index in [0.29, 0.717) is 4.88 Å². The van der Waals surface area contributed by atoms with E-state index in [1.54, 1.807) is 17.5 Å². The van der Waals surface area contributed by atoms with Gasteiger partial charge in [-0.25, -0.2) is 0 Å². The van der Waals surface area contributed by atoms with Crippen molar-refractivity contribution in [2.75, 3.05) is 7.11 Å². The highest BCUT2D eigenvalue weighted by Crippen LogP contribution is 2.26. The Labute approximate surface area is 77.5 Å². The second-order valence-electron chi connectivity index (χ2n) is 2.23. The first-order valence-corrected chi connectivity index (χ1v) is 4.28. The molecule has 0 radical (unpaired) electrons. The number of allylic oxidation sites excluding steroid dienone is 1. The van der Waals surface area contributed by atoms with E-state index in [1.165, 1.54) is 18.4 Å². The summed E-state index contributed by atoms with van der Waals surface area (Å²) in [6.07, 6.45) is -4.19. The summed E-state index contributed by atoms with van der Waals surface area (Å²) in [6, 6.07) is 3.25. The molecule has 1 aromatic heterocycles. The summed E-state index contributed by atoms with van der Waals surface area (Å²) >= 11 is 1.20. The Balaban J connectivity index is 2.93. The van der Waals surface area contributed by atoms with Crippen LogP contribution in [0, 0.1) is 0 Å². The van der Waals surface area contributed by atoms with Crippen LogP contribution in [-0.2, 0) is 4.74 Å². The number of alkyl halides is 3. The Kier molecular flexibility index (Phi) is 2.98. The van der Waals surface area contributed by atoms with Crippen LogP contribution in [0.3, 0.4) is 0 Å². The number of rotatable bonds is 2. The lowest BCUT2D eigenvalue weighted by molar-refractivity contribution is -0.0803. The molecule has 5 heteroatoms. The molecule has 72 valence electrons. The van der Waals surface area contributed by atoms with Gasteiger partial charge in [-0.3, -0.25) is 0 Å². The molecule has 0 fully saturated rings. The van der Waals surface area contributed by atoms with E-state index in [2.05, 4.69) is 4.74 Å². The van der Waals surface area contributed by atoms with E-state index >= 15 is 0 Å². The maximum Gasteiger partial charge on any atom is 0.413 e. The Morgan fingerprint density at radius 3 is 2.62 bits per heavy atom. The van der Waals surface area contributed by atoms with Gasteiger partial charge in [-0.15, -0.1) is 11.3 Å². The van der Waals surface area contributed by atoms with Crippen LogP contribution in [0.5, 0.6) is 0 Å². The van der Waals surface area contributed by atoms with Crippen molar-refractivity contribution in [2.24, 2.45) is 0 Å². The summed E-state index contributed by atoms with van der Waals surface area (Å²) in [5.41, 5.74) is 0. The second-order valence-corrected chi connectivity index (χ2v) is 3.18. The molecule has 0 aliphatic rings. The molecule has 0 unspecified atom stereocenters. The van der Waals surface area contributed by atoms with Gasteiger partial charge in [0, 0.05) is 0 Å². The first kappa shape index (κ1) is 10.1. The molecular weight excluding hydrogens is 201 g/mol. The molecule has 1 rings (SSSR count). The van der Waals surface area contributed by atoms with Crippen molar-refractivity contribution in [2.45, 2.75) is 6.18 Å². The molecule has 1 aromatic rings. The number of ether oxygens (including phenoxy) is 1. The standard InChI is InChI=1S/C8H7F3OS/c1-12-6(5-8(9,10)11)7-3-2-4-13-7/h2-5H,1H3/b6-5+. The minimum Gasteiger partial charge on any atom is -0.495 e. The summed E-state index contributed by atoms with van der Waals surface area (Å²) in [5, 5.41) is 1.69. The molecule has 0 aromatic carbocycles. The van der Waals surface area contributed by atoms with Crippen molar-refractivity contribution in [3.05, 3.63) is 28.5 Å². The first-order chi connectivity index (χ1) is 6.03. The molecule has 1 heterocycles. The lowest BCUT2D eigenvalue weighted by Gasteiger charge is -2.05. The number of hydrogen-bond donors (Lipinski definition) is 0. The topological polar surface area (TPSA) is 9.23 Å². The summed E-state index contributed by atoms with van der Waals surface area (Å²) in [7, 11) is 1.22. The third-order valence-corrected chi connectivity index (χ3v) is 2.16. The molecule has 0 atom stereocenters. The zero-order chi connectivity index (χ0) is 9.90. The monoisotopic (exact) mass is 208 g/mol. The highest BCUT2D eigenvalue weighted by Gasteiger charge is 2.25. The lowest BCUT2D eigenvalue weighted by atomic mass is 10.3. The maximum absolute atomic E-state index is 11.9. The van der Waals surface area contributed by atoms with Crippen molar-refractivity contribution in [3.63, 3.8) is 0 Å². The van der Waals surface area contributed by atoms with Crippen LogP contribution >= 0.6 is 11.3 Å². The SMILES string of the molecule is CO/C(=C/C(F)(F)F)c1cccs1. The highest BCUT2D eigenvalue weighted by atomic mass is 32.1. The predicted octanol–water partition coefficient (Wildman–Crippen LogP) is 3.30. The molecule has 0 saturated heterocycles. The molecule has 13 heavy (non-hydrogen) atoms. The van der Waals surface area contributed by atoms with E-state index in [-0.39, 0.29) is 11.8 Å². The molecule has 1 nitrogen and oxygen atoms in total. The Bertz CT molecular complexity index is 287. The fourth-order valence-corrected chi connectivity index (χ4v) is 1.52. The Hall–Kier alpha value is -0.970. The molecule has 0 spiro atoms. The number of thiophene rings is 1. The third-order valence-electron chi connectivity index (χ3n) is 1.28. The third kappa shape index (κ3) is 3.10. The average Bonchev–Trinajstić information content (AvgIpc) is 2.50. The van der Waals surface area contributed by atoms with Crippen molar-refractivity contribution in [1.82, 2.24) is 0 Å². The Morgan fingerprint density at radius 1 is 1.54 bits per heavy atom. The first-order valence-electron chi connectivity index (χ1n) is 3.40. The largest absolute Gasteiger partial charge is 0.495 e. The maximum atomic E-state index is 11.9. The van der Waals surface area contributed by atoms with Crippen LogP contribution in [0.15, 0.2) is 23.6 Å². The fourth-order valence-electron chi connectivity index (χ4n) is 0.798. The molecular formula is C8H7F3OS. The zero-order valence-corrected chi connectivity index (χ0v) is 7.58. The molecule has 0 aliphatic carbocycles. The van der Waals surface area contributed by atoms with Gasteiger partial charge in [-0.05, 0) is 11.4 Å². The van der Waals surface area contributed by atoms with E-state index in [0.717, 1.165) is 0 Å². The fraction of sp³-hybridized carbons (Fsp3) is 0.250. The molecule has 0 bridgehead atoms. The molecule has 0 aliphatic heterocycles. The van der Waals surface area contributed by atoms with Crippen LogP contribution in [0.1, 0.15) is 4.88 Å². The molecule has 0 saturated carbocycles. The predicted molar refractivity (Wildman–Crippen MR) is 45.4 cm³/mol. The van der Waals surface area contributed by atoms with Crippen molar-refractivity contribution in [1.29, 1.82) is 0 Å². The van der Waals surface area contributed by atoms with E-state index in [4.69, 9.17) is 0 Å². The van der Waals surface area contributed by atoms with Gasteiger partial charge in [0.15, 0.2) is 0 Å². The van der Waals surface area contributed by atoms with Crippen LogP contribution in [0.4, 0.5) is 13.2 Å². The van der Waals surface area contributed by atoms with Crippen molar-refractivity contribution in [3.8, 4) is 0 Å². The smallest absolute Gasteiger partial charge is 0.413 e. The lowest BCUT2D eigenvalue weighted by Crippen LogP contribution is -2.03. The quantitative estimate of drug-likeness (QED) is 0.677.